The summed E-state index contributed by atoms with van der Waals surface area (Å²) < 4.78 is 11.1. The van der Waals surface area contributed by atoms with E-state index in [1.54, 1.807) is 6.08 Å². The second-order valence-electron chi connectivity index (χ2n) is 14.4. The zero-order valence-corrected chi connectivity index (χ0v) is 31.9. The Morgan fingerprint density at radius 3 is 1.68 bits per heavy atom. The topological polar surface area (TPSA) is 149 Å². The molecular formula is C41H77NO8. The van der Waals surface area contributed by atoms with Gasteiger partial charge in [0, 0.05) is 6.42 Å². The predicted molar refractivity (Wildman–Crippen MR) is 203 cm³/mol. The van der Waals surface area contributed by atoms with Gasteiger partial charge in [-0.2, -0.15) is 0 Å². The molecule has 1 aliphatic rings. The lowest BCUT2D eigenvalue weighted by atomic mass is 9.99. The molecule has 1 aliphatic heterocycles. The van der Waals surface area contributed by atoms with Crippen LogP contribution in [0.3, 0.4) is 0 Å². The Kier molecular flexibility index (Phi) is 30.2. The number of ether oxygens (including phenoxy) is 2. The molecule has 0 aromatic carbocycles. The highest BCUT2D eigenvalue weighted by molar-refractivity contribution is 5.76. The van der Waals surface area contributed by atoms with E-state index in [0.29, 0.717) is 6.42 Å². The largest absolute Gasteiger partial charge is 0.394 e. The van der Waals surface area contributed by atoms with Gasteiger partial charge in [-0.25, -0.2) is 0 Å². The summed E-state index contributed by atoms with van der Waals surface area (Å²) in [7, 11) is 0. The highest BCUT2D eigenvalue weighted by Gasteiger charge is 2.44. The number of hydrogen-bond donors (Lipinski definition) is 6. The monoisotopic (exact) mass is 712 g/mol. The van der Waals surface area contributed by atoms with Crippen molar-refractivity contribution in [2.24, 2.45) is 0 Å². The van der Waals surface area contributed by atoms with Crippen LogP contribution in [-0.2, 0) is 14.3 Å². The molecule has 50 heavy (non-hydrogen) atoms. The van der Waals surface area contributed by atoms with Crippen LogP contribution in [0.1, 0.15) is 174 Å². The second kappa shape index (κ2) is 32.3. The fourth-order valence-electron chi connectivity index (χ4n) is 6.41. The maximum Gasteiger partial charge on any atom is 0.220 e. The molecule has 294 valence electrons. The number of aliphatic hydroxyl groups excluding tert-OH is 5. The molecule has 0 aliphatic carbocycles. The van der Waals surface area contributed by atoms with Crippen LogP contribution in [0.4, 0.5) is 0 Å². The first-order valence-electron chi connectivity index (χ1n) is 20.6. The molecule has 9 heteroatoms. The molecule has 6 N–H and O–H groups in total. The highest BCUT2D eigenvalue weighted by Crippen LogP contribution is 2.22. The smallest absolute Gasteiger partial charge is 0.220 e. The molecule has 1 saturated heterocycles. The van der Waals surface area contributed by atoms with Crippen molar-refractivity contribution in [2.45, 2.75) is 217 Å². The summed E-state index contributed by atoms with van der Waals surface area (Å²) in [5.74, 6) is -0.189. The summed E-state index contributed by atoms with van der Waals surface area (Å²) in [4.78, 5) is 12.9. The van der Waals surface area contributed by atoms with Crippen molar-refractivity contribution in [3.63, 3.8) is 0 Å². The lowest BCUT2D eigenvalue weighted by Crippen LogP contribution is -2.60. The van der Waals surface area contributed by atoms with Crippen molar-refractivity contribution in [3.05, 3.63) is 24.3 Å². The molecule has 0 spiro atoms. The fourth-order valence-corrected chi connectivity index (χ4v) is 6.41. The van der Waals surface area contributed by atoms with Gasteiger partial charge in [0.05, 0.1) is 25.4 Å². The van der Waals surface area contributed by atoms with E-state index in [9.17, 15) is 30.3 Å². The van der Waals surface area contributed by atoms with Crippen LogP contribution in [0, 0.1) is 0 Å². The lowest BCUT2D eigenvalue weighted by molar-refractivity contribution is -0.302. The Balaban J connectivity index is 2.35. The van der Waals surface area contributed by atoms with E-state index >= 15 is 0 Å². The molecule has 0 aromatic heterocycles. The molecule has 7 atom stereocenters. The quantitative estimate of drug-likeness (QED) is 0.0302. The molecule has 1 amide bonds. The Labute approximate surface area is 305 Å². The van der Waals surface area contributed by atoms with Crippen molar-refractivity contribution in [2.75, 3.05) is 13.2 Å². The van der Waals surface area contributed by atoms with Gasteiger partial charge >= 0.3 is 0 Å². The van der Waals surface area contributed by atoms with Crippen molar-refractivity contribution in [1.29, 1.82) is 0 Å². The molecule has 7 unspecified atom stereocenters. The molecule has 1 fully saturated rings. The van der Waals surface area contributed by atoms with Crippen LogP contribution >= 0.6 is 0 Å². The van der Waals surface area contributed by atoms with E-state index in [0.717, 1.165) is 38.5 Å². The van der Waals surface area contributed by atoms with Gasteiger partial charge in [0.15, 0.2) is 6.29 Å². The molecule has 1 heterocycles. The van der Waals surface area contributed by atoms with Crippen molar-refractivity contribution >= 4 is 5.91 Å². The third-order valence-electron chi connectivity index (χ3n) is 9.78. The molecule has 0 bridgehead atoms. The van der Waals surface area contributed by atoms with Gasteiger partial charge in [0.25, 0.3) is 0 Å². The molecular weight excluding hydrogens is 634 g/mol. The Morgan fingerprint density at radius 1 is 0.660 bits per heavy atom. The summed E-state index contributed by atoms with van der Waals surface area (Å²) in [6.07, 6.45) is 29.5. The number of nitrogens with one attached hydrogen (secondary N) is 1. The Bertz CT molecular complexity index is 837. The summed E-state index contributed by atoms with van der Waals surface area (Å²) in [5, 5.41) is 53.8. The minimum absolute atomic E-state index is 0.189. The van der Waals surface area contributed by atoms with Crippen LogP contribution < -0.4 is 5.32 Å². The maximum absolute atomic E-state index is 12.9. The number of carbonyl (C=O) groups is 1. The first-order chi connectivity index (χ1) is 24.3. The van der Waals surface area contributed by atoms with Crippen molar-refractivity contribution in [3.8, 4) is 0 Å². The van der Waals surface area contributed by atoms with Gasteiger partial charge in [-0.3, -0.25) is 4.79 Å². The van der Waals surface area contributed by atoms with E-state index in [1.165, 1.54) is 116 Å². The fraction of sp³-hybridized carbons (Fsp3) is 0.878. The van der Waals surface area contributed by atoms with Crippen LogP contribution in [0.15, 0.2) is 24.3 Å². The summed E-state index contributed by atoms with van der Waals surface area (Å²) >= 11 is 0. The van der Waals surface area contributed by atoms with Crippen LogP contribution in [0.2, 0.25) is 0 Å². The van der Waals surface area contributed by atoms with Gasteiger partial charge in [0.1, 0.15) is 24.4 Å². The molecule has 1 rings (SSSR count). The van der Waals surface area contributed by atoms with Crippen molar-refractivity contribution < 1.29 is 39.8 Å². The van der Waals surface area contributed by atoms with E-state index < -0.39 is 49.5 Å². The van der Waals surface area contributed by atoms with E-state index in [1.807, 2.05) is 6.08 Å². The maximum atomic E-state index is 12.9. The third-order valence-corrected chi connectivity index (χ3v) is 9.78. The first kappa shape index (κ1) is 46.7. The van der Waals surface area contributed by atoms with E-state index in [-0.39, 0.29) is 12.5 Å². The number of rotatable bonds is 33. The number of allylic oxidation sites excluding steroid dienone is 3. The van der Waals surface area contributed by atoms with Gasteiger partial charge in [0.2, 0.25) is 5.91 Å². The second-order valence-corrected chi connectivity index (χ2v) is 14.4. The number of aliphatic hydroxyl groups is 5. The predicted octanol–water partition coefficient (Wildman–Crippen LogP) is 7.55. The number of hydrogen-bond acceptors (Lipinski definition) is 8. The normalized spacial score (nSPS) is 22.4. The standard InChI is InChI=1S/C41H77NO8/c1-3-5-7-9-11-13-14-15-16-17-18-19-20-21-23-25-27-29-31-37(45)42-34(35(44)30-28-26-24-22-12-10-8-6-4-2)33-49-41-40(48)39(47)38(46)36(32-43)50-41/h12,22,28,30,34-36,38-41,43-44,46-48H,3-11,13-21,23-27,29,31-33H2,1-2H3,(H,42,45)/b22-12+,30-28+. The minimum atomic E-state index is -1.57. The summed E-state index contributed by atoms with van der Waals surface area (Å²) in [5.41, 5.74) is 0. The average Bonchev–Trinajstić information content (AvgIpc) is 3.11. The molecule has 9 nitrogen and oxygen atoms in total. The number of carbonyl (C=O) groups excluding carboxylic acids is 1. The van der Waals surface area contributed by atoms with Crippen LogP contribution in [-0.4, -0.2) is 87.5 Å². The Hall–Kier alpha value is -1.33. The van der Waals surface area contributed by atoms with E-state index in [4.69, 9.17) is 9.47 Å². The molecule has 0 aromatic rings. The molecule has 0 saturated carbocycles. The average molecular weight is 712 g/mol. The highest BCUT2D eigenvalue weighted by atomic mass is 16.7. The Morgan fingerprint density at radius 2 is 1.14 bits per heavy atom. The number of amides is 1. The van der Waals surface area contributed by atoms with Crippen LogP contribution in [0.25, 0.3) is 0 Å². The zero-order chi connectivity index (χ0) is 36.7. The zero-order valence-electron chi connectivity index (χ0n) is 31.9. The third kappa shape index (κ3) is 23.3. The summed E-state index contributed by atoms with van der Waals surface area (Å²) in [6.45, 7) is 3.69. The summed E-state index contributed by atoms with van der Waals surface area (Å²) in [6, 6.07) is -0.814. The SMILES string of the molecule is CCCCC/C=C/CC/C=C/C(O)C(COC1OC(CO)C(O)C(O)C1O)NC(=O)CCCCCCCCCCCCCCCCCCCC. The van der Waals surface area contributed by atoms with Gasteiger partial charge in [-0.15, -0.1) is 0 Å². The first-order valence-corrected chi connectivity index (χ1v) is 20.6. The van der Waals surface area contributed by atoms with Gasteiger partial charge < -0.3 is 40.3 Å². The molecule has 0 radical (unpaired) electrons. The van der Waals surface area contributed by atoms with Crippen molar-refractivity contribution in [1.82, 2.24) is 5.32 Å². The lowest BCUT2D eigenvalue weighted by Gasteiger charge is -2.40. The van der Waals surface area contributed by atoms with E-state index in [2.05, 4.69) is 31.3 Å². The minimum Gasteiger partial charge on any atom is -0.394 e. The number of unbranched alkanes of at least 4 members (excludes halogenated alkanes) is 21. The van der Waals surface area contributed by atoms with Gasteiger partial charge in [-0.1, -0.05) is 160 Å². The van der Waals surface area contributed by atoms with Crippen LogP contribution in [0.5, 0.6) is 0 Å². The van der Waals surface area contributed by atoms with Gasteiger partial charge in [-0.05, 0) is 32.1 Å².